The molecular formula is C13H20N2O2. The first-order valence-electron chi connectivity index (χ1n) is 5.84. The third kappa shape index (κ3) is 2.40. The standard InChI is InChI=1S/C13H20N2O2/c1-13(2)5-6-14-9-7-11(16-3)12(17-4)8-10(9)15-13/h7-8,14-15H,5-6H2,1-4H3. The Bertz CT molecular complexity index is 416. The van der Waals surface area contributed by atoms with Crippen LogP contribution < -0.4 is 20.1 Å². The van der Waals surface area contributed by atoms with Crippen molar-refractivity contribution < 1.29 is 9.47 Å². The lowest BCUT2D eigenvalue weighted by Gasteiger charge is -2.25. The summed E-state index contributed by atoms with van der Waals surface area (Å²) in [4.78, 5) is 0. The molecule has 0 saturated carbocycles. The quantitative estimate of drug-likeness (QED) is 0.828. The molecule has 0 unspecified atom stereocenters. The number of anilines is 2. The fourth-order valence-corrected chi connectivity index (χ4v) is 2.07. The molecule has 1 aromatic rings. The van der Waals surface area contributed by atoms with E-state index in [-0.39, 0.29) is 5.54 Å². The van der Waals surface area contributed by atoms with Gasteiger partial charge >= 0.3 is 0 Å². The Labute approximate surface area is 102 Å². The number of fused-ring (bicyclic) bond motifs is 1. The van der Waals surface area contributed by atoms with Gasteiger partial charge in [0.15, 0.2) is 11.5 Å². The molecule has 0 aliphatic carbocycles. The molecule has 0 fully saturated rings. The maximum atomic E-state index is 5.32. The highest BCUT2D eigenvalue weighted by Crippen LogP contribution is 2.39. The molecule has 4 nitrogen and oxygen atoms in total. The first-order chi connectivity index (χ1) is 8.05. The van der Waals surface area contributed by atoms with E-state index in [4.69, 9.17) is 9.47 Å². The minimum Gasteiger partial charge on any atom is -0.493 e. The summed E-state index contributed by atoms with van der Waals surface area (Å²) in [5.41, 5.74) is 2.20. The van der Waals surface area contributed by atoms with Gasteiger partial charge in [0.05, 0.1) is 25.6 Å². The van der Waals surface area contributed by atoms with Gasteiger partial charge in [0, 0.05) is 24.2 Å². The van der Waals surface area contributed by atoms with Gasteiger partial charge in [0.1, 0.15) is 0 Å². The van der Waals surface area contributed by atoms with Crippen LogP contribution in [0.1, 0.15) is 20.3 Å². The van der Waals surface area contributed by atoms with Gasteiger partial charge in [0.25, 0.3) is 0 Å². The lowest BCUT2D eigenvalue weighted by Crippen LogP contribution is -2.30. The summed E-state index contributed by atoms with van der Waals surface area (Å²) in [6, 6.07) is 3.96. The highest BCUT2D eigenvalue weighted by Gasteiger charge is 2.23. The molecule has 17 heavy (non-hydrogen) atoms. The van der Waals surface area contributed by atoms with Gasteiger partial charge in [0.2, 0.25) is 0 Å². The zero-order valence-electron chi connectivity index (χ0n) is 10.9. The average Bonchev–Trinajstić information content (AvgIpc) is 2.43. The van der Waals surface area contributed by atoms with Crippen LogP contribution in [0.2, 0.25) is 0 Å². The molecule has 0 radical (unpaired) electrons. The zero-order valence-corrected chi connectivity index (χ0v) is 10.9. The molecule has 1 heterocycles. The SMILES string of the molecule is COc1cc2c(cc1OC)NC(C)(C)CCN2. The van der Waals surface area contributed by atoms with Crippen molar-refractivity contribution in [3.63, 3.8) is 0 Å². The van der Waals surface area contributed by atoms with Gasteiger partial charge in [-0.25, -0.2) is 0 Å². The number of nitrogens with one attached hydrogen (secondary N) is 2. The summed E-state index contributed by atoms with van der Waals surface area (Å²) in [6.07, 6.45) is 1.06. The molecule has 0 spiro atoms. The second kappa shape index (κ2) is 4.35. The number of benzene rings is 1. The monoisotopic (exact) mass is 236 g/mol. The molecule has 1 aliphatic heterocycles. The molecule has 2 rings (SSSR count). The Morgan fingerprint density at radius 3 is 2.24 bits per heavy atom. The van der Waals surface area contributed by atoms with Crippen LogP contribution in [0, 0.1) is 0 Å². The van der Waals surface area contributed by atoms with Crippen LogP contribution in [0.25, 0.3) is 0 Å². The van der Waals surface area contributed by atoms with Crippen molar-refractivity contribution in [3.8, 4) is 11.5 Å². The summed E-state index contributed by atoms with van der Waals surface area (Å²) in [5.74, 6) is 1.50. The second-order valence-electron chi connectivity index (χ2n) is 4.94. The molecule has 1 aliphatic rings. The Balaban J connectivity index is 2.43. The molecule has 0 amide bonds. The maximum Gasteiger partial charge on any atom is 0.162 e. The summed E-state index contributed by atoms with van der Waals surface area (Å²) < 4.78 is 10.6. The zero-order chi connectivity index (χ0) is 12.5. The number of hydrogen-bond acceptors (Lipinski definition) is 4. The third-order valence-corrected chi connectivity index (χ3v) is 3.06. The van der Waals surface area contributed by atoms with E-state index in [0.717, 1.165) is 35.8 Å². The number of ether oxygens (including phenoxy) is 2. The van der Waals surface area contributed by atoms with Crippen molar-refractivity contribution in [1.82, 2.24) is 0 Å². The average molecular weight is 236 g/mol. The Kier molecular flexibility index (Phi) is 3.05. The molecule has 0 aromatic heterocycles. The van der Waals surface area contributed by atoms with Crippen molar-refractivity contribution in [3.05, 3.63) is 12.1 Å². The van der Waals surface area contributed by atoms with Gasteiger partial charge in [-0.2, -0.15) is 0 Å². The molecule has 0 saturated heterocycles. The smallest absolute Gasteiger partial charge is 0.162 e. The van der Waals surface area contributed by atoms with Gasteiger partial charge in [-0.1, -0.05) is 0 Å². The normalized spacial score (nSPS) is 17.2. The van der Waals surface area contributed by atoms with Crippen LogP contribution in [0.15, 0.2) is 12.1 Å². The highest BCUT2D eigenvalue weighted by atomic mass is 16.5. The van der Waals surface area contributed by atoms with E-state index in [9.17, 15) is 0 Å². The predicted molar refractivity (Wildman–Crippen MR) is 70.4 cm³/mol. The van der Waals surface area contributed by atoms with Crippen LogP contribution >= 0.6 is 0 Å². The predicted octanol–water partition coefficient (Wildman–Crippen LogP) is 2.71. The summed E-state index contributed by atoms with van der Waals surface area (Å²) in [7, 11) is 3.30. The number of hydrogen-bond donors (Lipinski definition) is 2. The van der Waals surface area contributed by atoms with Crippen LogP contribution in [0.5, 0.6) is 11.5 Å². The molecule has 1 aromatic carbocycles. The highest BCUT2D eigenvalue weighted by molar-refractivity contribution is 5.75. The minimum absolute atomic E-state index is 0.0812. The number of rotatable bonds is 2. The van der Waals surface area contributed by atoms with Crippen LogP contribution in [-0.2, 0) is 0 Å². The molecule has 2 N–H and O–H groups in total. The minimum atomic E-state index is 0.0812. The van der Waals surface area contributed by atoms with E-state index in [2.05, 4.69) is 24.5 Å². The molecular weight excluding hydrogens is 216 g/mol. The van der Waals surface area contributed by atoms with E-state index in [1.807, 2.05) is 12.1 Å². The maximum absolute atomic E-state index is 5.32. The summed E-state index contributed by atoms with van der Waals surface area (Å²) in [5, 5.41) is 6.94. The Morgan fingerprint density at radius 2 is 1.65 bits per heavy atom. The van der Waals surface area contributed by atoms with E-state index < -0.39 is 0 Å². The van der Waals surface area contributed by atoms with E-state index in [0.29, 0.717) is 0 Å². The van der Waals surface area contributed by atoms with Crippen LogP contribution in [0.3, 0.4) is 0 Å². The van der Waals surface area contributed by atoms with Crippen molar-refractivity contribution in [2.24, 2.45) is 0 Å². The van der Waals surface area contributed by atoms with E-state index in [1.165, 1.54) is 0 Å². The fraction of sp³-hybridized carbons (Fsp3) is 0.538. The van der Waals surface area contributed by atoms with Gasteiger partial charge in [-0.15, -0.1) is 0 Å². The molecule has 0 bridgehead atoms. The van der Waals surface area contributed by atoms with Crippen molar-refractivity contribution in [2.45, 2.75) is 25.8 Å². The van der Waals surface area contributed by atoms with Crippen molar-refractivity contribution in [1.29, 1.82) is 0 Å². The van der Waals surface area contributed by atoms with Gasteiger partial charge in [-0.3, -0.25) is 0 Å². The summed E-state index contributed by atoms with van der Waals surface area (Å²) in [6.45, 7) is 5.34. The van der Waals surface area contributed by atoms with Gasteiger partial charge in [-0.05, 0) is 20.3 Å². The van der Waals surface area contributed by atoms with E-state index in [1.54, 1.807) is 14.2 Å². The lowest BCUT2D eigenvalue weighted by atomic mass is 10.0. The topological polar surface area (TPSA) is 42.5 Å². The van der Waals surface area contributed by atoms with Crippen molar-refractivity contribution >= 4 is 11.4 Å². The van der Waals surface area contributed by atoms with E-state index >= 15 is 0 Å². The van der Waals surface area contributed by atoms with Crippen LogP contribution in [0.4, 0.5) is 11.4 Å². The lowest BCUT2D eigenvalue weighted by molar-refractivity contribution is 0.355. The summed E-state index contributed by atoms with van der Waals surface area (Å²) >= 11 is 0. The van der Waals surface area contributed by atoms with Crippen molar-refractivity contribution in [2.75, 3.05) is 31.4 Å². The molecule has 0 atom stereocenters. The van der Waals surface area contributed by atoms with Gasteiger partial charge < -0.3 is 20.1 Å². The van der Waals surface area contributed by atoms with Crippen LogP contribution in [-0.4, -0.2) is 26.3 Å². The Morgan fingerprint density at radius 1 is 1.06 bits per heavy atom. The second-order valence-corrected chi connectivity index (χ2v) is 4.94. The largest absolute Gasteiger partial charge is 0.493 e. The number of methoxy groups -OCH3 is 2. The third-order valence-electron chi connectivity index (χ3n) is 3.06. The first kappa shape index (κ1) is 11.9. The molecule has 94 valence electrons. The molecule has 4 heteroatoms. The first-order valence-corrected chi connectivity index (χ1v) is 5.84. The fourth-order valence-electron chi connectivity index (χ4n) is 2.07. The Hall–Kier alpha value is -1.58.